The molecule has 100 valence electrons. The van der Waals surface area contributed by atoms with Crippen LogP contribution in [-0.4, -0.2) is 13.1 Å². The van der Waals surface area contributed by atoms with E-state index in [0.717, 1.165) is 18.9 Å². The summed E-state index contributed by atoms with van der Waals surface area (Å²) >= 11 is 0. The average molecular weight is 245 g/mol. The van der Waals surface area contributed by atoms with E-state index >= 15 is 0 Å². The molecule has 0 aromatic heterocycles. The largest absolute Gasteiger partial charge is 0.316 e. The van der Waals surface area contributed by atoms with Crippen molar-refractivity contribution in [2.75, 3.05) is 13.1 Å². The van der Waals surface area contributed by atoms with E-state index in [2.05, 4.69) is 50.4 Å². The maximum absolute atomic E-state index is 3.58. The van der Waals surface area contributed by atoms with Crippen LogP contribution in [-0.2, 0) is 11.8 Å². The first-order chi connectivity index (χ1) is 8.76. The van der Waals surface area contributed by atoms with E-state index < -0.39 is 0 Å². The van der Waals surface area contributed by atoms with Gasteiger partial charge in [0.05, 0.1) is 0 Å². The molecule has 0 heterocycles. The fraction of sp³-hybridized carbons (Fsp3) is 0.647. The molecule has 1 aromatic rings. The second-order valence-electron chi connectivity index (χ2n) is 5.67. The zero-order chi connectivity index (χ0) is 13.0. The predicted octanol–water partition coefficient (Wildman–Crippen LogP) is 3.92. The summed E-state index contributed by atoms with van der Waals surface area (Å²) in [4.78, 5) is 0. The number of hydrogen-bond donors (Lipinski definition) is 1. The minimum atomic E-state index is 0.479. The molecule has 1 aliphatic carbocycles. The van der Waals surface area contributed by atoms with E-state index in [1.807, 2.05) is 0 Å². The molecule has 1 aliphatic rings. The fourth-order valence-electron chi connectivity index (χ4n) is 3.16. The minimum Gasteiger partial charge on any atom is -0.316 e. The number of hydrogen-bond acceptors (Lipinski definition) is 1. The van der Waals surface area contributed by atoms with Gasteiger partial charge in [0.1, 0.15) is 0 Å². The standard InChI is InChI=1S/C17H27N/c1-4-11-18-13-16-12-17(16,6-3)15-9-7-14(5-2)8-10-15/h7-10,16,18H,4-6,11-13H2,1-3H3. The Morgan fingerprint density at radius 3 is 2.44 bits per heavy atom. The van der Waals surface area contributed by atoms with Crippen LogP contribution in [0.3, 0.4) is 0 Å². The van der Waals surface area contributed by atoms with Crippen LogP contribution < -0.4 is 5.32 Å². The number of rotatable bonds is 7. The van der Waals surface area contributed by atoms with Crippen molar-refractivity contribution in [1.29, 1.82) is 0 Å². The molecule has 0 amide bonds. The second-order valence-corrected chi connectivity index (χ2v) is 5.67. The zero-order valence-electron chi connectivity index (χ0n) is 12.1. The van der Waals surface area contributed by atoms with Crippen LogP contribution in [0.1, 0.15) is 51.2 Å². The van der Waals surface area contributed by atoms with Crippen molar-refractivity contribution in [1.82, 2.24) is 5.32 Å². The molecular formula is C17H27N. The molecule has 1 aromatic carbocycles. The molecule has 18 heavy (non-hydrogen) atoms. The van der Waals surface area contributed by atoms with Gasteiger partial charge < -0.3 is 5.32 Å². The molecule has 0 spiro atoms. The fourth-order valence-corrected chi connectivity index (χ4v) is 3.16. The van der Waals surface area contributed by atoms with Crippen LogP contribution in [0, 0.1) is 5.92 Å². The summed E-state index contributed by atoms with van der Waals surface area (Å²) in [5.41, 5.74) is 3.49. The number of aryl methyl sites for hydroxylation is 1. The molecule has 1 heteroatoms. The summed E-state index contributed by atoms with van der Waals surface area (Å²) in [6.45, 7) is 9.14. The highest BCUT2D eigenvalue weighted by Gasteiger charge is 2.52. The average Bonchev–Trinajstić information content (AvgIpc) is 3.14. The molecule has 1 nitrogen and oxygen atoms in total. The van der Waals surface area contributed by atoms with E-state index in [1.54, 1.807) is 5.56 Å². The van der Waals surface area contributed by atoms with Crippen LogP contribution in [0.25, 0.3) is 0 Å². The van der Waals surface area contributed by atoms with Crippen LogP contribution in [0.2, 0.25) is 0 Å². The Morgan fingerprint density at radius 1 is 1.17 bits per heavy atom. The van der Waals surface area contributed by atoms with Gasteiger partial charge in [0.2, 0.25) is 0 Å². The van der Waals surface area contributed by atoms with Gasteiger partial charge in [-0.15, -0.1) is 0 Å². The van der Waals surface area contributed by atoms with Gasteiger partial charge in [-0.05, 0) is 61.2 Å². The lowest BCUT2D eigenvalue weighted by Crippen LogP contribution is -2.21. The van der Waals surface area contributed by atoms with Crippen molar-refractivity contribution < 1.29 is 0 Å². The molecule has 0 radical (unpaired) electrons. The molecule has 1 fully saturated rings. The van der Waals surface area contributed by atoms with Crippen molar-refractivity contribution in [3.05, 3.63) is 35.4 Å². The smallest absolute Gasteiger partial charge is 0.000554 e. The van der Waals surface area contributed by atoms with Gasteiger partial charge in [-0.25, -0.2) is 0 Å². The Balaban J connectivity index is 2.00. The molecular weight excluding hydrogens is 218 g/mol. The molecule has 0 saturated heterocycles. The second kappa shape index (κ2) is 5.88. The first kappa shape index (κ1) is 13.6. The maximum atomic E-state index is 3.58. The van der Waals surface area contributed by atoms with E-state index in [9.17, 15) is 0 Å². The third kappa shape index (κ3) is 2.61. The Hall–Kier alpha value is -0.820. The molecule has 0 aliphatic heterocycles. The summed E-state index contributed by atoms with van der Waals surface area (Å²) in [6, 6.07) is 9.34. The summed E-state index contributed by atoms with van der Waals surface area (Å²) in [5.74, 6) is 0.849. The lowest BCUT2D eigenvalue weighted by atomic mass is 9.89. The SMILES string of the molecule is CCCNCC1CC1(CC)c1ccc(CC)cc1. The highest BCUT2D eigenvalue weighted by Crippen LogP contribution is 2.56. The van der Waals surface area contributed by atoms with Gasteiger partial charge in [-0.3, -0.25) is 0 Å². The van der Waals surface area contributed by atoms with Crippen molar-refractivity contribution in [3.8, 4) is 0 Å². The minimum absolute atomic E-state index is 0.479. The lowest BCUT2D eigenvalue weighted by molar-refractivity contribution is 0.537. The van der Waals surface area contributed by atoms with Crippen LogP contribution >= 0.6 is 0 Å². The third-order valence-corrected chi connectivity index (χ3v) is 4.62. The van der Waals surface area contributed by atoms with Crippen molar-refractivity contribution in [2.24, 2.45) is 5.92 Å². The Labute approximate surface area is 112 Å². The number of nitrogens with one attached hydrogen (secondary N) is 1. The molecule has 0 bridgehead atoms. The van der Waals surface area contributed by atoms with E-state index in [-0.39, 0.29) is 0 Å². The maximum Gasteiger partial charge on any atom is -0.000554 e. The molecule has 1 saturated carbocycles. The van der Waals surface area contributed by atoms with Gasteiger partial charge in [-0.1, -0.05) is 45.0 Å². The molecule has 1 N–H and O–H groups in total. The highest BCUT2D eigenvalue weighted by atomic mass is 14.9. The van der Waals surface area contributed by atoms with Crippen molar-refractivity contribution >= 4 is 0 Å². The molecule has 2 rings (SSSR count). The monoisotopic (exact) mass is 245 g/mol. The van der Waals surface area contributed by atoms with Gasteiger partial charge in [-0.2, -0.15) is 0 Å². The normalized spacial score (nSPS) is 26.3. The van der Waals surface area contributed by atoms with Crippen molar-refractivity contribution in [3.63, 3.8) is 0 Å². The van der Waals surface area contributed by atoms with Crippen LogP contribution in [0.4, 0.5) is 0 Å². The molecule has 2 unspecified atom stereocenters. The van der Waals surface area contributed by atoms with Crippen LogP contribution in [0.5, 0.6) is 0 Å². The lowest BCUT2D eigenvalue weighted by Gasteiger charge is -2.17. The quantitative estimate of drug-likeness (QED) is 0.718. The summed E-state index contributed by atoms with van der Waals surface area (Å²) in [6.07, 6.45) is 5.01. The van der Waals surface area contributed by atoms with Gasteiger partial charge in [0.15, 0.2) is 0 Å². The van der Waals surface area contributed by atoms with E-state index in [1.165, 1.54) is 31.4 Å². The summed E-state index contributed by atoms with van der Waals surface area (Å²) in [7, 11) is 0. The first-order valence-electron chi connectivity index (χ1n) is 7.57. The van der Waals surface area contributed by atoms with Crippen LogP contribution in [0.15, 0.2) is 24.3 Å². The Bertz CT molecular complexity index is 368. The van der Waals surface area contributed by atoms with Gasteiger partial charge in [0.25, 0.3) is 0 Å². The van der Waals surface area contributed by atoms with E-state index in [0.29, 0.717) is 5.41 Å². The summed E-state index contributed by atoms with van der Waals surface area (Å²) in [5, 5.41) is 3.58. The molecule has 2 atom stereocenters. The van der Waals surface area contributed by atoms with Crippen molar-refractivity contribution in [2.45, 2.75) is 51.9 Å². The Morgan fingerprint density at radius 2 is 1.89 bits per heavy atom. The van der Waals surface area contributed by atoms with Gasteiger partial charge in [0, 0.05) is 0 Å². The number of benzene rings is 1. The Kier molecular flexibility index (Phi) is 4.45. The zero-order valence-corrected chi connectivity index (χ0v) is 12.1. The van der Waals surface area contributed by atoms with E-state index in [4.69, 9.17) is 0 Å². The first-order valence-corrected chi connectivity index (χ1v) is 7.57. The van der Waals surface area contributed by atoms with Gasteiger partial charge >= 0.3 is 0 Å². The topological polar surface area (TPSA) is 12.0 Å². The predicted molar refractivity (Wildman–Crippen MR) is 79.1 cm³/mol. The third-order valence-electron chi connectivity index (χ3n) is 4.62. The summed E-state index contributed by atoms with van der Waals surface area (Å²) < 4.78 is 0. The highest BCUT2D eigenvalue weighted by molar-refractivity contribution is 5.35.